The molecule has 0 amide bonds. The number of unbranched alkanes of at least 4 members (excludes halogenated alkanes) is 2. The molecule has 16 heavy (non-hydrogen) atoms. The number of imidazole rings is 1. The van der Waals surface area contributed by atoms with E-state index in [9.17, 15) is 0 Å². The van der Waals surface area contributed by atoms with Gasteiger partial charge in [-0.3, -0.25) is 0 Å². The van der Waals surface area contributed by atoms with E-state index in [1.54, 1.807) is 11.8 Å². The summed E-state index contributed by atoms with van der Waals surface area (Å²) in [7, 11) is 0. The molecule has 86 valence electrons. The van der Waals surface area contributed by atoms with Gasteiger partial charge >= 0.3 is 0 Å². The molecule has 0 saturated heterocycles. The summed E-state index contributed by atoms with van der Waals surface area (Å²) in [5.74, 6) is 0. The molecule has 0 saturated carbocycles. The minimum absolute atomic E-state index is 1.09. The third-order valence-electron chi connectivity index (χ3n) is 2.79. The molecule has 0 aliphatic carbocycles. The Morgan fingerprint density at radius 2 is 2.06 bits per heavy atom. The Balaban J connectivity index is 2.32. The second-order valence-electron chi connectivity index (χ2n) is 3.95. The third kappa shape index (κ3) is 2.24. The third-order valence-corrected chi connectivity index (χ3v) is 3.46. The first-order valence-corrected chi connectivity index (χ1v) is 7.08. The van der Waals surface area contributed by atoms with Crippen molar-refractivity contribution in [1.82, 2.24) is 9.55 Å². The zero-order valence-corrected chi connectivity index (χ0v) is 10.8. The fraction of sp³-hybridized carbons (Fsp3) is 0.462. The fourth-order valence-electron chi connectivity index (χ4n) is 1.95. The Morgan fingerprint density at radius 3 is 2.81 bits per heavy atom. The SMILES string of the molecule is CCCCCn1c(SC)nc2ccccc21. The van der Waals surface area contributed by atoms with Crippen LogP contribution in [0.15, 0.2) is 29.4 Å². The highest BCUT2D eigenvalue weighted by atomic mass is 32.2. The zero-order valence-electron chi connectivity index (χ0n) is 9.94. The Bertz CT molecular complexity index is 462. The van der Waals surface area contributed by atoms with Crippen LogP contribution in [0.5, 0.6) is 0 Å². The van der Waals surface area contributed by atoms with Crippen LogP contribution in [0.4, 0.5) is 0 Å². The van der Waals surface area contributed by atoms with Crippen LogP contribution in [0.25, 0.3) is 11.0 Å². The number of fused-ring (bicyclic) bond motifs is 1. The molecular formula is C13H18N2S. The zero-order chi connectivity index (χ0) is 11.4. The van der Waals surface area contributed by atoms with Gasteiger partial charge < -0.3 is 4.57 Å². The second kappa shape index (κ2) is 5.39. The maximum Gasteiger partial charge on any atom is 0.168 e. The largest absolute Gasteiger partial charge is 0.319 e. The van der Waals surface area contributed by atoms with E-state index in [1.165, 1.54) is 24.8 Å². The van der Waals surface area contributed by atoms with Gasteiger partial charge in [0.25, 0.3) is 0 Å². The van der Waals surface area contributed by atoms with Crippen LogP contribution in [0.3, 0.4) is 0 Å². The summed E-state index contributed by atoms with van der Waals surface area (Å²) in [6.45, 7) is 3.33. The number of thioether (sulfide) groups is 1. The van der Waals surface area contributed by atoms with E-state index in [0.717, 1.165) is 17.2 Å². The molecular weight excluding hydrogens is 216 g/mol. The molecule has 0 unspecified atom stereocenters. The van der Waals surface area contributed by atoms with Crippen molar-refractivity contribution in [1.29, 1.82) is 0 Å². The van der Waals surface area contributed by atoms with Crippen molar-refractivity contribution in [2.75, 3.05) is 6.26 Å². The van der Waals surface area contributed by atoms with Crippen molar-refractivity contribution >= 4 is 22.8 Å². The molecule has 0 aliphatic heterocycles. The number of aryl methyl sites for hydroxylation is 1. The standard InChI is InChI=1S/C13H18N2S/c1-3-4-7-10-15-12-9-6-5-8-11(12)14-13(15)16-2/h5-6,8-9H,3-4,7,10H2,1-2H3. The van der Waals surface area contributed by atoms with Gasteiger partial charge in [-0.1, -0.05) is 43.7 Å². The van der Waals surface area contributed by atoms with Crippen molar-refractivity contribution in [3.63, 3.8) is 0 Å². The highest BCUT2D eigenvalue weighted by molar-refractivity contribution is 7.98. The summed E-state index contributed by atoms with van der Waals surface area (Å²) in [6, 6.07) is 8.39. The van der Waals surface area contributed by atoms with E-state index < -0.39 is 0 Å². The average Bonchev–Trinajstić information content (AvgIpc) is 2.68. The first kappa shape index (κ1) is 11.5. The predicted octanol–water partition coefficient (Wildman–Crippen LogP) is 3.95. The molecule has 3 heteroatoms. The lowest BCUT2D eigenvalue weighted by molar-refractivity contribution is 0.579. The Hall–Kier alpha value is -0.960. The van der Waals surface area contributed by atoms with Crippen molar-refractivity contribution in [2.45, 2.75) is 37.9 Å². The van der Waals surface area contributed by atoms with Crippen LogP contribution in [-0.2, 0) is 6.54 Å². The van der Waals surface area contributed by atoms with Gasteiger partial charge in [-0.15, -0.1) is 0 Å². The number of aromatic nitrogens is 2. The van der Waals surface area contributed by atoms with E-state index in [4.69, 9.17) is 0 Å². The topological polar surface area (TPSA) is 17.8 Å². The molecule has 1 aromatic carbocycles. The summed E-state index contributed by atoms with van der Waals surface area (Å²) in [6.07, 6.45) is 5.89. The highest BCUT2D eigenvalue weighted by Gasteiger charge is 2.08. The van der Waals surface area contributed by atoms with E-state index in [0.29, 0.717) is 0 Å². The maximum absolute atomic E-state index is 4.64. The number of nitrogens with zero attached hydrogens (tertiary/aromatic N) is 2. The monoisotopic (exact) mass is 234 g/mol. The molecule has 1 heterocycles. The minimum atomic E-state index is 1.09. The van der Waals surface area contributed by atoms with Crippen molar-refractivity contribution in [3.05, 3.63) is 24.3 Å². The molecule has 2 aromatic rings. The van der Waals surface area contributed by atoms with Gasteiger partial charge in [0.05, 0.1) is 11.0 Å². The van der Waals surface area contributed by atoms with E-state index in [1.807, 2.05) is 0 Å². The number of rotatable bonds is 5. The van der Waals surface area contributed by atoms with Crippen molar-refractivity contribution in [2.24, 2.45) is 0 Å². The average molecular weight is 234 g/mol. The normalized spacial score (nSPS) is 11.1. The molecule has 0 bridgehead atoms. The number of benzene rings is 1. The van der Waals surface area contributed by atoms with E-state index in [-0.39, 0.29) is 0 Å². The second-order valence-corrected chi connectivity index (χ2v) is 4.72. The van der Waals surface area contributed by atoms with Crippen LogP contribution >= 0.6 is 11.8 Å². The number of hydrogen-bond donors (Lipinski definition) is 0. The van der Waals surface area contributed by atoms with Crippen LogP contribution in [-0.4, -0.2) is 15.8 Å². The van der Waals surface area contributed by atoms with Crippen molar-refractivity contribution < 1.29 is 0 Å². The molecule has 0 atom stereocenters. The van der Waals surface area contributed by atoms with Gasteiger partial charge in [0.15, 0.2) is 5.16 Å². The van der Waals surface area contributed by atoms with Crippen LogP contribution in [0.1, 0.15) is 26.2 Å². The minimum Gasteiger partial charge on any atom is -0.319 e. The van der Waals surface area contributed by atoms with Crippen LogP contribution < -0.4 is 0 Å². The Labute approximate surface area is 101 Å². The molecule has 0 fully saturated rings. The first-order valence-electron chi connectivity index (χ1n) is 5.86. The molecule has 0 N–H and O–H groups in total. The van der Waals surface area contributed by atoms with Gasteiger partial charge in [-0.2, -0.15) is 0 Å². The number of para-hydroxylation sites is 2. The van der Waals surface area contributed by atoms with Gasteiger partial charge in [-0.25, -0.2) is 4.98 Å². The molecule has 1 aromatic heterocycles. The first-order chi connectivity index (χ1) is 7.86. The molecule has 2 nitrogen and oxygen atoms in total. The lowest BCUT2D eigenvalue weighted by Crippen LogP contribution is -1.99. The van der Waals surface area contributed by atoms with Gasteiger partial charge in [0, 0.05) is 6.54 Å². The lowest BCUT2D eigenvalue weighted by atomic mass is 10.2. The predicted molar refractivity (Wildman–Crippen MR) is 71.0 cm³/mol. The van der Waals surface area contributed by atoms with Crippen molar-refractivity contribution in [3.8, 4) is 0 Å². The van der Waals surface area contributed by atoms with Crippen LogP contribution in [0.2, 0.25) is 0 Å². The Morgan fingerprint density at radius 1 is 1.25 bits per heavy atom. The molecule has 0 aliphatic rings. The highest BCUT2D eigenvalue weighted by Crippen LogP contribution is 2.22. The smallest absolute Gasteiger partial charge is 0.168 e. The summed E-state index contributed by atoms with van der Waals surface area (Å²) in [4.78, 5) is 4.64. The summed E-state index contributed by atoms with van der Waals surface area (Å²) in [5, 5.41) is 1.14. The van der Waals surface area contributed by atoms with Gasteiger partial charge in [-0.05, 0) is 24.8 Å². The quantitative estimate of drug-likeness (QED) is 0.576. The van der Waals surface area contributed by atoms with Gasteiger partial charge in [0.1, 0.15) is 0 Å². The van der Waals surface area contributed by atoms with E-state index in [2.05, 4.69) is 47.0 Å². The maximum atomic E-state index is 4.64. The van der Waals surface area contributed by atoms with Crippen LogP contribution in [0, 0.1) is 0 Å². The summed E-state index contributed by atoms with van der Waals surface area (Å²) < 4.78 is 2.34. The molecule has 0 spiro atoms. The van der Waals surface area contributed by atoms with E-state index >= 15 is 0 Å². The Kier molecular flexibility index (Phi) is 3.88. The van der Waals surface area contributed by atoms with Gasteiger partial charge in [0.2, 0.25) is 0 Å². The molecule has 2 rings (SSSR count). The lowest BCUT2D eigenvalue weighted by Gasteiger charge is -2.06. The summed E-state index contributed by atoms with van der Waals surface area (Å²) >= 11 is 1.73. The molecule has 0 radical (unpaired) electrons. The summed E-state index contributed by atoms with van der Waals surface area (Å²) in [5.41, 5.74) is 2.38. The number of hydrogen-bond acceptors (Lipinski definition) is 2. The fourth-order valence-corrected chi connectivity index (χ4v) is 2.54.